The van der Waals surface area contributed by atoms with Gasteiger partial charge in [0.25, 0.3) is 0 Å². The standard InChI is InChI=1S/C28H46O2/c1-17(2)18(3)7-8-19(4)23-11-12-24-22-10-9-20-15-21(29)16-26(30)28(20,6)25(22)13-14-27(23,24)5/h7-9,17-19,21-26,29-30H,10-16H2,1-6H3/b8-7+/t18-,19+,21+,22?,23+,24?,25?,26-,27+,28-/m0/s1. The lowest BCUT2D eigenvalue weighted by molar-refractivity contribution is -0.106. The Labute approximate surface area is 185 Å². The summed E-state index contributed by atoms with van der Waals surface area (Å²) in [6.45, 7) is 14.4. The predicted octanol–water partition coefficient (Wildman–Crippen LogP) is 6.38. The van der Waals surface area contributed by atoms with Gasteiger partial charge in [0.2, 0.25) is 0 Å². The lowest BCUT2D eigenvalue weighted by Gasteiger charge is -2.59. The second-order valence-corrected chi connectivity index (χ2v) is 12.3. The summed E-state index contributed by atoms with van der Waals surface area (Å²) in [4.78, 5) is 0. The van der Waals surface area contributed by atoms with Gasteiger partial charge in [-0.2, -0.15) is 0 Å². The van der Waals surface area contributed by atoms with E-state index in [1.807, 2.05) is 0 Å². The average molecular weight is 415 g/mol. The van der Waals surface area contributed by atoms with E-state index in [0.717, 1.165) is 24.7 Å². The van der Waals surface area contributed by atoms with Crippen LogP contribution in [0, 0.1) is 52.3 Å². The Morgan fingerprint density at radius 3 is 2.43 bits per heavy atom. The number of aliphatic hydroxyl groups excluding tert-OH is 2. The van der Waals surface area contributed by atoms with Crippen LogP contribution in [0.1, 0.15) is 86.5 Å². The van der Waals surface area contributed by atoms with Gasteiger partial charge in [-0.05, 0) is 85.4 Å². The van der Waals surface area contributed by atoms with E-state index in [4.69, 9.17) is 0 Å². The quantitative estimate of drug-likeness (QED) is 0.524. The molecule has 0 aromatic rings. The van der Waals surface area contributed by atoms with Gasteiger partial charge in [0, 0.05) is 11.8 Å². The first kappa shape index (κ1) is 22.6. The van der Waals surface area contributed by atoms with E-state index in [9.17, 15) is 10.2 Å². The molecule has 2 nitrogen and oxygen atoms in total. The molecule has 0 radical (unpaired) electrons. The number of hydrogen-bond acceptors (Lipinski definition) is 2. The highest BCUT2D eigenvalue weighted by molar-refractivity contribution is 5.27. The zero-order valence-corrected chi connectivity index (χ0v) is 20.3. The number of rotatable bonds is 4. The number of fused-ring (bicyclic) bond motifs is 5. The van der Waals surface area contributed by atoms with Gasteiger partial charge in [0.05, 0.1) is 12.2 Å². The summed E-state index contributed by atoms with van der Waals surface area (Å²) in [6.07, 6.45) is 14.4. The van der Waals surface area contributed by atoms with Crippen molar-refractivity contribution < 1.29 is 10.2 Å². The molecule has 0 aliphatic heterocycles. The SMILES string of the molecule is CC(C)[C@@H](C)/C=C/[C@@H](C)[C@H]1CCC2C3CC=C4C[C@@H](O)C[C@H](O)[C@]4(C)C3CC[C@@]21C. The van der Waals surface area contributed by atoms with Gasteiger partial charge in [0.1, 0.15) is 0 Å². The molecule has 3 fully saturated rings. The normalized spacial score (nSPS) is 48.1. The molecule has 0 saturated heterocycles. The van der Waals surface area contributed by atoms with Crippen molar-refractivity contribution in [1.29, 1.82) is 0 Å². The fourth-order valence-corrected chi connectivity index (χ4v) is 8.31. The van der Waals surface area contributed by atoms with Gasteiger partial charge >= 0.3 is 0 Å². The van der Waals surface area contributed by atoms with E-state index >= 15 is 0 Å². The van der Waals surface area contributed by atoms with Gasteiger partial charge < -0.3 is 10.2 Å². The van der Waals surface area contributed by atoms with Gasteiger partial charge in [-0.1, -0.05) is 65.3 Å². The third-order valence-electron chi connectivity index (χ3n) is 10.7. The fraction of sp³-hybridized carbons (Fsp3) is 0.857. The first-order valence-corrected chi connectivity index (χ1v) is 12.8. The largest absolute Gasteiger partial charge is 0.393 e. The van der Waals surface area contributed by atoms with Crippen molar-refractivity contribution in [1.82, 2.24) is 0 Å². The molecule has 3 unspecified atom stereocenters. The summed E-state index contributed by atoms with van der Waals surface area (Å²) in [6, 6.07) is 0. The van der Waals surface area contributed by atoms with E-state index in [1.165, 1.54) is 31.3 Å². The highest BCUT2D eigenvalue weighted by atomic mass is 16.3. The Kier molecular flexibility index (Phi) is 6.08. The van der Waals surface area contributed by atoms with E-state index in [2.05, 4.69) is 59.8 Å². The monoisotopic (exact) mass is 414 g/mol. The van der Waals surface area contributed by atoms with E-state index < -0.39 is 0 Å². The summed E-state index contributed by atoms with van der Waals surface area (Å²) in [5.74, 6) is 4.88. The second kappa shape index (κ2) is 8.07. The molecule has 4 aliphatic carbocycles. The van der Waals surface area contributed by atoms with Gasteiger partial charge in [-0.25, -0.2) is 0 Å². The minimum Gasteiger partial charge on any atom is -0.393 e. The van der Waals surface area contributed by atoms with Crippen LogP contribution in [0.3, 0.4) is 0 Å². The summed E-state index contributed by atoms with van der Waals surface area (Å²) in [5.41, 5.74) is 1.68. The molecular formula is C28H46O2. The molecule has 0 spiro atoms. The van der Waals surface area contributed by atoms with Crippen LogP contribution in [0.2, 0.25) is 0 Å². The van der Waals surface area contributed by atoms with Crippen molar-refractivity contribution >= 4 is 0 Å². The Balaban J connectivity index is 1.55. The summed E-state index contributed by atoms with van der Waals surface area (Å²) < 4.78 is 0. The first-order chi connectivity index (χ1) is 14.1. The first-order valence-electron chi connectivity index (χ1n) is 12.8. The predicted molar refractivity (Wildman–Crippen MR) is 125 cm³/mol. The van der Waals surface area contributed by atoms with Crippen molar-refractivity contribution in [3.8, 4) is 0 Å². The van der Waals surface area contributed by atoms with Crippen LogP contribution >= 0.6 is 0 Å². The molecule has 30 heavy (non-hydrogen) atoms. The maximum atomic E-state index is 11.1. The van der Waals surface area contributed by atoms with Crippen LogP contribution in [0.25, 0.3) is 0 Å². The van der Waals surface area contributed by atoms with E-state index in [0.29, 0.717) is 41.4 Å². The van der Waals surface area contributed by atoms with E-state index in [-0.39, 0.29) is 17.6 Å². The second-order valence-electron chi connectivity index (χ2n) is 12.3. The third kappa shape index (κ3) is 3.45. The fourth-order valence-electron chi connectivity index (χ4n) is 8.31. The average Bonchev–Trinajstić information content (AvgIpc) is 3.04. The van der Waals surface area contributed by atoms with Crippen LogP contribution in [0.5, 0.6) is 0 Å². The van der Waals surface area contributed by atoms with Gasteiger partial charge in [-0.15, -0.1) is 0 Å². The van der Waals surface area contributed by atoms with Gasteiger partial charge in [0.15, 0.2) is 0 Å². The molecule has 170 valence electrons. The lowest BCUT2D eigenvalue weighted by atomic mass is 9.46. The van der Waals surface area contributed by atoms with Crippen molar-refractivity contribution in [2.45, 2.75) is 98.7 Å². The Morgan fingerprint density at radius 1 is 1.00 bits per heavy atom. The summed E-state index contributed by atoms with van der Waals surface area (Å²) in [7, 11) is 0. The van der Waals surface area contributed by atoms with Crippen LogP contribution in [0.15, 0.2) is 23.8 Å². The minimum absolute atomic E-state index is 0.111. The molecule has 4 aliphatic rings. The summed E-state index contributed by atoms with van der Waals surface area (Å²) in [5, 5.41) is 21.3. The van der Waals surface area contributed by atoms with Crippen molar-refractivity contribution in [2.75, 3.05) is 0 Å². The molecule has 0 bridgehead atoms. The molecule has 2 heteroatoms. The third-order valence-corrected chi connectivity index (χ3v) is 10.7. The van der Waals surface area contributed by atoms with Gasteiger partial charge in [-0.3, -0.25) is 0 Å². The van der Waals surface area contributed by atoms with Crippen molar-refractivity contribution in [2.24, 2.45) is 52.3 Å². The molecule has 2 N–H and O–H groups in total. The van der Waals surface area contributed by atoms with Crippen molar-refractivity contribution in [3.63, 3.8) is 0 Å². The zero-order valence-electron chi connectivity index (χ0n) is 20.3. The highest BCUT2D eigenvalue weighted by Gasteiger charge is 2.60. The molecular weight excluding hydrogens is 368 g/mol. The highest BCUT2D eigenvalue weighted by Crippen LogP contribution is 2.67. The molecule has 0 amide bonds. The topological polar surface area (TPSA) is 40.5 Å². The molecule has 10 atom stereocenters. The Hall–Kier alpha value is -0.600. The molecule has 0 aromatic heterocycles. The van der Waals surface area contributed by atoms with Crippen LogP contribution in [0.4, 0.5) is 0 Å². The number of allylic oxidation sites excluding steroid dienone is 3. The molecule has 3 saturated carbocycles. The number of hydrogen-bond donors (Lipinski definition) is 2. The van der Waals surface area contributed by atoms with Crippen LogP contribution in [-0.2, 0) is 0 Å². The number of aliphatic hydroxyl groups is 2. The summed E-state index contributed by atoms with van der Waals surface area (Å²) >= 11 is 0. The molecule has 0 aromatic carbocycles. The minimum atomic E-state index is -0.388. The Bertz CT molecular complexity index is 693. The van der Waals surface area contributed by atoms with Crippen LogP contribution in [-0.4, -0.2) is 22.4 Å². The molecule has 0 heterocycles. The maximum absolute atomic E-state index is 11.1. The van der Waals surface area contributed by atoms with E-state index in [1.54, 1.807) is 0 Å². The molecule has 4 rings (SSSR count). The zero-order chi connectivity index (χ0) is 21.8. The maximum Gasteiger partial charge on any atom is 0.0658 e. The lowest BCUT2D eigenvalue weighted by Crippen LogP contribution is -2.55. The van der Waals surface area contributed by atoms with Crippen LogP contribution < -0.4 is 0 Å². The Morgan fingerprint density at radius 2 is 1.73 bits per heavy atom. The van der Waals surface area contributed by atoms with Crippen molar-refractivity contribution in [3.05, 3.63) is 23.8 Å². The smallest absolute Gasteiger partial charge is 0.0658 e.